The van der Waals surface area contributed by atoms with Crippen molar-refractivity contribution in [3.8, 4) is 0 Å². The number of rotatable bonds is 4. The molecule has 1 N–H and O–H groups in total. The zero-order valence-corrected chi connectivity index (χ0v) is 13.2. The van der Waals surface area contributed by atoms with E-state index in [9.17, 15) is 0 Å². The second kappa shape index (κ2) is 5.78. The molecule has 1 aliphatic carbocycles. The van der Waals surface area contributed by atoms with Crippen LogP contribution in [0.1, 0.15) is 29.8 Å². The molecule has 0 amide bonds. The normalized spacial score (nSPS) is 17.5. The van der Waals surface area contributed by atoms with Crippen molar-refractivity contribution in [2.24, 2.45) is 0 Å². The topological polar surface area (TPSA) is 12.0 Å². The standard InChI is InChI=1S/C15H16ClNS2/c1-2-18-14-6-4-3-5-12(14)17-11-7-8-13-10(11)9-15(16)19-13/h3-6,9,11,17H,2,7-8H2,1H3. The van der Waals surface area contributed by atoms with Gasteiger partial charge in [-0.05, 0) is 42.4 Å². The van der Waals surface area contributed by atoms with Crippen LogP contribution in [0.15, 0.2) is 35.2 Å². The molecule has 0 radical (unpaired) electrons. The molecule has 1 unspecified atom stereocenters. The molecule has 1 heterocycles. The summed E-state index contributed by atoms with van der Waals surface area (Å²) < 4.78 is 0.910. The first-order valence-electron chi connectivity index (χ1n) is 6.54. The predicted octanol–water partition coefficient (Wildman–Crippen LogP) is 5.61. The maximum Gasteiger partial charge on any atom is 0.0934 e. The molecule has 1 aromatic heterocycles. The molecule has 0 fully saturated rings. The van der Waals surface area contributed by atoms with Gasteiger partial charge in [0.25, 0.3) is 0 Å². The Bertz CT molecular complexity index is 579. The third kappa shape index (κ3) is 2.78. The molecule has 100 valence electrons. The minimum Gasteiger partial charge on any atom is -0.377 e. The summed E-state index contributed by atoms with van der Waals surface area (Å²) >= 11 is 9.73. The number of thioether (sulfide) groups is 1. The molecule has 19 heavy (non-hydrogen) atoms. The molecule has 1 atom stereocenters. The molecular formula is C15H16ClNS2. The van der Waals surface area contributed by atoms with Gasteiger partial charge in [-0.2, -0.15) is 0 Å². The van der Waals surface area contributed by atoms with E-state index in [1.165, 1.54) is 27.4 Å². The number of aryl methyl sites for hydroxylation is 1. The quantitative estimate of drug-likeness (QED) is 0.736. The summed E-state index contributed by atoms with van der Waals surface area (Å²) in [6.45, 7) is 2.19. The van der Waals surface area contributed by atoms with Gasteiger partial charge in [-0.25, -0.2) is 0 Å². The van der Waals surface area contributed by atoms with Crippen LogP contribution in [0.5, 0.6) is 0 Å². The zero-order chi connectivity index (χ0) is 13.2. The summed E-state index contributed by atoms with van der Waals surface area (Å²) in [6.07, 6.45) is 2.32. The van der Waals surface area contributed by atoms with Crippen molar-refractivity contribution in [1.29, 1.82) is 0 Å². The van der Waals surface area contributed by atoms with Crippen LogP contribution < -0.4 is 5.32 Å². The first kappa shape index (κ1) is 13.3. The van der Waals surface area contributed by atoms with Gasteiger partial charge in [0.2, 0.25) is 0 Å². The Balaban J connectivity index is 1.83. The second-order valence-electron chi connectivity index (χ2n) is 4.59. The summed E-state index contributed by atoms with van der Waals surface area (Å²) in [7, 11) is 0. The molecule has 0 spiro atoms. The van der Waals surface area contributed by atoms with E-state index in [4.69, 9.17) is 11.6 Å². The lowest BCUT2D eigenvalue weighted by Gasteiger charge is -2.17. The van der Waals surface area contributed by atoms with Crippen molar-refractivity contribution in [2.45, 2.75) is 30.7 Å². The van der Waals surface area contributed by atoms with Crippen molar-refractivity contribution in [3.63, 3.8) is 0 Å². The summed E-state index contributed by atoms with van der Waals surface area (Å²) in [4.78, 5) is 2.78. The molecule has 1 aliphatic rings. The van der Waals surface area contributed by atoms with E-state index in [0.717, 1.165) is 16.5 Å². The third-order valence-corrected chi connectivity index (χ3v) is 5.66. The van der Waals surface area contributed by atoms with Crippen LogP contribution in [0.25, 0.3) is 0 Å². The van der Waals surface area contributed by atoms with Gasteiger partial charge >= 0.3 is 0 Å². The largest absolute Gasteiger partial charge is 0.377 e. The van der Waals surface area contributed by atoms with Gasteiger partial charge in [0.15, 0.2) is 0 Å². The molecule has 4 heteroatoms. The van der Waals surface area contributed by atoms with E-state index in [2.05, 4.69) is 42.6 Å². The lowest BCUT2D eigenvalue weighted by molar-refractivity contribution is 0.760. The Kier molecular flexibility index (Phi) is 4.06. The number of para-hydroxylation sites is 1. The van der Waals surface area contributed by atoms with Crippen molar-refractivity contribution in [2.75, 3.05) is 11.1 Å². The van der Waals surface area contributed by atoms with E-state index in [0.29, 0.717) is 6.04 Å². The van der Waals surface area contributed by atoms with Gasteiger partial charge < -0.3 is 5.32 Å². The SMILES string of the molecule is CCSc1ccccc1NC1CCc2sc(Cl)cc21. The number of thiophene rings is 1. The molecule has 2 aromatic rings. The second-order valence-corrected chi connectivity index (χ2v) is 7.67. The highest BCUT2D eigenvalue weighted by atomic mass is 35.5. The van der Waals surface area contributed by atoms with Gasteiger partial charge in [0.1, 0.15) is 0 Å². The molecule has 3 rings (SSSR count). The number of fused-ring (bicyclic) bond motifs is 1. The molecule has 0 aliphatic heterocycles. The highest BCUT2D eigenvalue weighted by Gasteiger charge is 2.25. The van der Waals surface area contributed by atoms with Gasteiger partial charge in [-0.1, -0.05) is 30.7 Å². The maximum atomic E-state index is 6.11. The van der Waals surface area contributed by atoms with Gasteiger partial charge in [0.05, 0.1) is 10.4 Å². The summed E-state index contributed by atoms with van der Waals surface area (Å²) in [6, 6.07) is 11.1. The van der Waals surface area contributed by atoms with Crippen LogP contribution in [-0.2, 0) is 6.42 Å². The van der Waals surface area contributed by atoms with Crippen LogP contribution in [-0.4, -0.2) is 5.75 Å². The Hall–Kier alpha value is -0.640. The van der Waals surface area contributed by atoms with Crippen LogP contribution in [0, 0.1) is 0 Å². The fourth-order valence-corrected chi connectivity index (χ4v) is 4.66. The maximum absolute atomic E-state index is 6.11. The first-order chi connectivity index (χ1) is 9.28. The molecule has 0 bridgehead atoms. The van der Waals surface area contributed by atoms with Gasteiger partial charge in [0, 0.05) is 15.5 Å². The number of hydrogen-bond acceptors (Lipinski definition) is 3. The van der Waals surface area contributed by atoms with E-state index in [1.807, 2.05) is 11.8 Å². The molecule has 0 saturated carbocycles. The average molecular weight is 310 g/mol. The molecule has 1 aromatic carbocycles. The number of anilines is 1. The number of halogens is 1. The number of nitrogens with one attached hydrogen (secondary N) is 1. The Labute approximate surface area is 127 Å². The Morgan fingerprint density at radius 2 is 2.26 bits per heavy atom. The first-order valence-corrected chi connectivity index (χ1v) is 8.72. The minimum absolute atomic E-state index is 0.414. The van der Waals surface area contributed by atoms with E-state index in [-0.39, 0.29) is 0 Å². The summed E-state index contributed by atoms with van der Waals surface area (Å²) in [5, 5.41) is 3.69. The van der Waals surface area contributed by atoms with Crippen LogP contribution in [0.3, 0.4) is 0 Å². The number of hydrogen-bond donors (Lipinski definition) is 1. The van der Waals surface area contributed by atoms with Crippen LogP contribution in [0.4, 0.5) is 5.69 Å². The lowest BCUT2D eigenvalue weighted by Crippen LogP contribution is -2.07. The number of benzene rings is 1. The average Bonchev–Trinajstić information content (AvgIpc) is 2.93. The molecular weight excluding hydrogens is 294 g/mol. The van der Waals surface area contributed by atoms with Crippen LogP contribution >= 0.6 is 34.7 Å². The van der Waals surface area contributed by atoms with Crippen molar-refractivity contribution in [1.82, 2.24) is 0 Å². The predicted molar refractivity (Wildman–Crippen MR) is 86.9 cm³/mol. The highest BCUT2D eigenvalue weighted by molar-refractivity contribution is 7.99. The van der Waals surface area contributed by atoms with Gasteiger partial charge in [-0.15, -0.1) is 23.1 Å². The Morgan fingerprint density at radius 1 is 1.42 bits per heavy atom. The summed E-state index contributed by atoms with van der Waals surface area (Å²) in [5.41, 5.74) is 2.64. The molecule has 0 saturated heterocycles. The molecule has 1 nitrogen and oxygen atoms in total. The lowest BCUT2D eigenvalue weighted by atomic mass is 10.1. The fraction of sp³-hybridized carbons (Fsp3) is 0.333. The smallest absolute Gasteiger partial charge is 0.0934 e. The highest BCUT2D eigenvalue weighted by Crippen LogP contribution is 2.41. The third-order valence-electron chi connectivity index (χ3n) is 3.36. The van der Waals surface area contributed by atoms with Gasteiger partial charge in [-0.3, -0.25) is 0 Å². The zero-order valence-electron chi connectivity index (χ0n) is 10.8. The van der Waals surface area contributed by atoms with Crippen LogP contribution in [0.2, 0.25) is 4.34 Å². The van der Waals surface area contributed by atoms with Crippen molar-refractivity contribution >= 4 is 40.4 Å². The Morgan fingerprint density at radius 3 is 3.11 bits per heavy atom. The minimum atomic E-state index is 0.414. The van der Waals surface area contributed by atoms with Crippen molar-refractivity contribution in [3.05, 3.63) is 45.1 Å². The van der Waals surface area contributed by atoms with Crippen molar-refractivity contribution < 1.29 is 0 Å². The van der Waals surface area contributed by atoms with E-state index < -0.39 is 0 Å². The monoisotopic (exact) mass is 309 g/mol. The summed E-state index contributed by atoms with van der Waals surface area (Å²) in [5.74, 6) is 1.10. The fourth-order valence-electron chi connectivity index (χ4n) is 2.53. The van der Waals surface area contributed by atoms with E-state index in [1.54, 1.807) is 11.3 Å². The van der Waals surface area contributed by atoms with E-state index >= 15 is 0 Å².